The maximum atomic E-state index is 12.3. The Morgan fingerprint density at radius 3 is 1.72 bits per heavy atom. The molecule has 0 bridgehead atoms. The van der Waals surface area contributed by atoms with Crippen molar-refractivity contribution in [3.63, 3.8) is 0 Å². The highest BCUT2D eigenvalue weighted by atomic mass is 32.2. The SMILES string of the molecule is CC(C)(C)C(=O)NC(C#N)=C(Sc1ccccc1)Sc1ccccc1. The largest absolute Gasteiger partial charge is 0.315 e. The predicted octanol–water partition coefficient (Wildman–Crippen LogP) is 5.43. The maximum absolute atomic E-state index is 12.3. The average Bonchev–Trinajstić information content (AvgIpc) is 2.60. The summed E-state index contributed by atoms with van der Waals surface area (Å²) in [5.41, 5.74) is -0.287. The second-order valence-corrected chi connectivity index (χ2v) is 8.73. The molecular formula is C20H20N2OS2. The van der Waals surface area contributed by atoms with Gasteiger partial charge in [-0.15, -0.1) is 0 Å². The molecular weight excluding hydrogens is 348 g/mol. The molecule has 2 aromatic rings. The fourth-order valence-corrected chi connectivity index (χ4v) is 3.90. The number of rotatable bonds is 5. The van der Waals surface area contributed by atoms with E-state index < -0.39 is 5.41 Å². The van der Waals surface area contributed by atoms with Gasteiger partial charge in [0.25, 0.3) is 0 Å². The first-order valence-corrected chi connectivity index (χ1v) is 9.45. The van der Waals surface area contributed by atoms with Crippen LogP contribution in [0.25, 0.3) is 0 Å². The van der Waals surface area contributed by atoms with Crippen molar-refractivity contribution in [1.82, 2.24) is 5.32 Å². The summed E-state index contributed by atoms with van der Waals surface area (Å²) in [6.07, 6.45) is 0. The lowest BCUT2D eigenvalue weighted by Gasteiger charge is -2.18. The highest BCUT2D eigenvalue weighted by Crippen LogP contribution is 2.40. The third kappa shape index (κ3) is 6.00. The third-order valence-electron chi connectivity index (χ3n) is 3.14. The van der Waals surface area contributed by atoms with E-state index in [9.17, 15) is 10.1 Å². The van der Waals surface area contributed by atoms with Gasteiger partial charge in [-0.1, -0.05) is 80.7 Å². The van der Waals surface area contributed by atoms with Gasteiger partial charge < -0.3 is 5.32 Å². The van der Waals surface area contributed by atoms with Crippen LogP contribution >= 0.6 is 23.5 Å². The first kappa shape index (κ1) is 19.2. The Bertz CT molecular complexity index is 744. The van der Waals surface area contributed by atoms with E-state index in [0.717, 1.165) is 14.0 Å². The van der Waals surface area contributed by atoms with E-state index in [1.54, 1.807) is 0 Å². The van der Waals surface area contributed by atoms with Gasteiger partial charge in [-0.25, -0.2) is 0 Å². The van der Waals surface area contributed by atoms with Crippen LogP contribution in [0, 0.1) is 16.7 Å². The molecule has 2 aromatic carbocycles. The molecule has 3 nitrogen and oxygen atoms in total. The molecule has 0 heterocycles. The Hall–Kier alpha value is -2.16. The molecule has 0 aliphatic rings. The molecule has 0 unspecified atom stereocenters. The van der Waals surface area contributed by atoms with Crippen molar-refractivity contribution < 1.29 is 4.79 Å². The number of hydrogen-bond acceptors (Lipinski definition) is 4. The van der Waals surface area contributed by atoms with Crippen molar-refractivity contribution in [3.05, 3.63) is 70.6 Å². The Balaban J connectivity index is 2.36. The van der Waals surface area contributed by atoms with Crippen LogP contribution in [-0.4, -0.2) is 5.91 Å². The molecule has 0 atom stereocenters. The first-order valence-electron chi connectivity index (χ1n) is 7.82. The first-order chi connectivity index (χ1) is 11.9. The van der Waals surface area contributed by atoms with Crippen LogP contribution < -0.4 is 5.32 Å². The van der Waals surface area contributed by atoms with E-state index in [2.05, 4.69) is 11.4 Å². The molecule has 128 valence electrons. The standard InChI is InChI=1S/C20H20N2OS2/c1-20(2,3)19(23)22-17(14-21)18(24-15-10-6-4-7-11-15)25-16-12-8-5-9-13-16/h4-13H,1-3H3,(H,22,23). The van der Waals surface area contributed by atoms with Gasteiger partial charge in [0.2, 0.25) is 5.91 Å². The summed E-state index contributed by atoms with van der Waals surface area (Å²) in [5, 5.41) is 12.4. The number of nitrogens with one attached hydrogen (secondary N) is 1. The summed E-state index contributed by atoms with van der Waals surface area (Å²) >= 11 is 2.95. The highest BCUT2D eigenvalue weighted by molar-refractivity contribution is 8.22. The van der Waals surface area contributed by atoms with Crippen molar-refractivity contribution in [3.8, 4) is 6.07 Å². The Morgan fingerprint density at radius 1 is 0.920 bits per heavy atom. The van der Waals surface area contributed by atoms with Crippen LogP contribution in [0.3, 0.4) is 0 Å². The smallest absolute Gasteiger partial charge is 0.230 e. The number of nitriles is 1. The molecule has 0 aliphatic heterocycles. The monoisotopic (exact) mass is 368 g/mol. The molecule has 1 N–H and O–H groups in total. The molecule has 25 heavy (non-hydrogen) atoms. The predicted molar refractivity (Wildman–Crippen MR) is 105 cm³/mol. The zero-order valence-electron chi connectivity index (χ0n) is 14.4. The fourth-order valence-electron chi connectivity index (χ4n) is 1.74. The third-order valence-corrected chi connectivity index (χ3v) is 5.44. The van der Waals surface area contributed by atoms with Crippen LogP contribution in [0.4, 0.5) is 0 Å². The molecule has 0 spiro atoms. The molecule has 1 amide bonds. The number of thioether (sulfide) groups is 2. The van der Waals surface area contributed by atoms with Crippen molar-refractivity contribution in [2.24, 2.45) is 5.41 Å². The van der Waals surface area contributed by atoms with E-state index in [1.165, 1.54) is 23.5 Å². The number of nitrogens with zero attached hydrogens (tertiary/aromatic N) is 1. The van der Waals surface area contributed by atoms with Crippen molar-refractivity contribution in [2.75, 3.05) is 0 Å². The van der Waals surface area contributed by atoms with Gasteiger partial charge in [0, 0.05) is 15.2 Å². The molecule has 0 fully saturated rings. The summed E-state index contributed by atoms with van der Waals surface area (Å²) in [5.74, 6) is -0.177. The molecule has 0 saturated heterocycles. The summed E-state index contributed by atoms with van der Waals surface area (Å²) in [7, 11) is 0. The summed E-state index contributed by atoms with van der Waals surface area (Å²) in [6.45, 7) is 5.48. The van der Waals surface area contributed by atoms with Gasteiger partial charge in [0.15, 0.2) is 0 Å². The minimum absolute atomic E-state index is 0.177. The van der Waals surface area contributed by atoms with Crippen LogP contribution in [0.15, 0.2) is 80.4 Å². The number of allylic oxidation sites excluding steroid dienone is 1. The summed E-state index contributed by atoms with van der Waals surface area (Å²) in [6, 6.07) is 21.8. The normalized spacial score (nSPS) is 10.6. The minimum atomic E-state index is -0.567. The van der Waals surface area contributed by atoms with Gasteiger partial charge in [0.1, 0.15) is 11.8 Å². The van der Waals surface area contributed by atoms with Crippen LogP contribution in [0.5, 0.6) is 0 Å². The lowest BCUT2D eigenvalue weighted by atomic mass is 9.96. The molecule has 5 heteroatoms. The topological polar surface area (TPSA) is 52.9 Å². The van der Waals surface area contributed by atoms with E-state index >= 15 is 0 Å². The second-order valence-electron chi connectivity index (χ2n) is 6.31. The Labute approximate surface area is 157 Å². The number of benzene rings is 2. The Kier molecular flexibility index (Phi) is 6.74. The number of carbonyl (C=O) groups excluding carboxylic acids is 1. The van der Waals surface area contributed by atoms with Gasteiger partial charge >= 0.3 is 0 Å². The quantitative estimate of drug-likeness (QED) is 0.565. The molecule has 0 aliphatic carbocycles. The summed E-state index contributed by atoms with van der Waals surface area (Å²) < 4.78 is 0.748. The van der Waals surface area contributed by atoms with Crippen molar-refractivity contribution in [2.45, 2.75) is 30.6 Å². The van der Waals surface area contributed by atoms with E-state index in [0.29, 0.717) is 0 Å². The highest BCUT2D eigenvalue weighted by Gasteiger charge is 2.23. The van der Waals surface area contributed by atoms with Gasteiger partial charge in [-0.3, -0.25) is 4.79 Å². The van der Waals surface area contributed by atoms with Crippen molar-refractivity contribution in [1.29, 1.82) is 5.26 Å². The van der Waals surface area contributed by atoms with Gasteiger partial charge in [-0.05, 0) is 24.3 Å². The second kappa shape index (κ2) is 8.80. The number of carbonyl (C=O) groups is 1. The maximum Gasteiger partial charge on any atom is 0.230 e. The molecule has 2 rings (SSSR count). The van der Waals surface area contributed by atoms with Crippen LogP contribution in [-0.2, 0) is 4.79 Å². The fraction of sp³-hybridized carbons (Fsp3) is 0.200. The van der Waals surface area contributed by atoms with E-state index in [4.69, 9.17) is 0 Å². The van der Waals surface area contributed by atoms with Crippen molar-refractivity contribution >= 4 is 29.4 Å². The van der Waals surface area contributed by atoms with Crippen LogP contribution in [0.2, 0.25) is 0 Å². The van der Waals surface area contributed by atoms with Gasteiger partial charge in [-0.2, -0.15) is 5.26 Å². The number of hydrogen-bond donors (Lipinski definition) is 1. The van der Waals surface area contributed by atoms with E-state index in [1.807, 2.05) is 81.4 Å². The lowest BCUT2D eigenvalue weighted by molar-refractivity contribution is -0.127. The zero-order chi connectivity index (χ0) is 18.3. The zero-order valence-corrected chi connectivity index (χ0v) is 16.1. The lowest BCUT2D eigenvalue weighted by Crippen LogP contribution is -2.34. The van der Waals surface area contributed by atoms with Crippen LogP contribution in [0.1, 0.15) is 20.8 Å². The minimum Gasteiger partial charge on any atom is -0.315 e. The molecule has 0 saturated carbocycles. The molecule has 0 radical (unpaired) electrons. The average molecular weight is 369 g/mol. The Morgan fingerprint density at radius 2 is 1.36 bits per heavy atom. The number of amides is 1. The van der Waals surface area contributed by atoms with Gasteiger partial charge in [0.05, 0.1) is 4.24 Å². The molecule has 0 aromatic heterocycles. The van der Waals surface area contributed by atoms with E-state index in [-0.39, 0.29) is 11.6 Å². The summed E-state index contributed by atoms with van der Waals surface area (Å²) in [4.78, 5) is 14.4.